The Bertz CT molecular complexity index is 952. The minimum atomic E-state index is 0.780. The average Bonchev–Trinajstić information content (AvgIpc) is 3.32. The number of H-pyrrole nitrogens is 1. The summed E-state index contributed by atoms with van der Waals surface area (Å²) < 4.78 is 5.60. The smallest absolute Gasteiger partial charge is 0.152 e. The van der Waals surface area contributed by atoms with Gasteiger partial charge in [-0.25, -0.2) is 4.98 Å². The third kappa shape index (κ3) is 2.94. The van der Waals surface area contributed by atoms with E-state index in [1.165, 1.54) is 0 Å². The number of aromatic nitrogens is 2. The molecule has 1 N–H and O–H groups in total. The van der Waals surface area contributed by atoms with Crippen molar-refractivity contribution in [2.75, 3.05) is 19.0 Å². The van der Waals surface area contributed by atoms with E-state index in [-0.39, 0.29) is 0 Å². The number of benzene rings is 2. The largest absolute Gasteiger partial charge is 0.463 e. The van der Waals surface area contributed by atoms with Crippen LogP contribution in [-0.2, 0) is 0 Å². The van der Waals surface area contributed by atoms with E-state index in [9.17, 15) is 0 Å². The van der Waals surface area contributed by atoms with Gasteiger partial charge in [0.1, 0.15) is 17.2 Å². The first-order valence-electron chi connectivity index (χ1n) is 8.19. The molecule has 124 valence electrons. The minimum Gasteiger partial charge on any atom is -0.463 e. The highest BCUT2D eigenvalue weighted by atomic mass is 16.3. The molecule has 0 spiro atoms. The summed E-state index contributed by atoms with van der Waals surface area (Å²) in [5, 5.41) is 0. The van der Waals surface area contributed by atoms with Gasteiger partial charge in [0.2, 0.25) is 0 Å². The van der Waals surface area contributed by atoms with Crippen LogP contribution >= 0.6 is 0 Å². The van der Waals surface area contributed by atoms with Gasteiger partial charge < -0.3 is 14.3 Å². The lowest BCUT2D eigenvalue weighted by atomic mass is 10.1. The lowest BCUT2D eigenvalue weighted by Gasteiger charge is -2.12. The number of furan rings is 1. The van der Waals surface area contributed by atoms with Gasteiger partial charge in [-0.05, 0) is 36.4 Å². The molecule has 0 saturated heterocycles. The van der Waals surface area contributed by atoms with Crippen LogP contribution in [0.5, 0.6) is 0 Å². The fraction of sp³-hybridized carbons (Fsp3) is 0.0952. The van der Waals surface area contributed by atoms with Gasteiger partial charge in [0.25, 0.3) is 0 Å². The first-order valence-corrected chi connectivity index (χ1v) is 8.19. The molecule has 2 aromatic carbocycles. The fourth-order valence-electron chi connectivity index (χ4n) is 2.83. The predicted octanol–water partition coefficient (Wildman–Crippen LogP) is 5.07. The molecule has 25 heavy (non-hydrogen) atoms. The zero-order valence-corrected chi connectivity index (χ0v) is 14.2. The Labute approximate surface area is 146 Å². The molecule has 0 atom stereocenters. The molecule has 0 saturated carbocycles. The van der Waals surface area contributed by atoms with Gasteiger partial charge in [-0.1, -0.05) is 30.3 Å². The fourth-order valence-corrected chi connectivity index (χ4v) is 2.83. The van der Waals surface area contributed by atoms with E-state index in [1.54, 1.807) is 6.26 Å². The van der Waals surface area contributed by atoms with Crippen LogP contribution in [0.3, 0.4) is 0 Å². The van der Waals surface area contributed by atoms with Crippen LogP contribution in [0, 0.1) is 0 Å². The topological polar surface area (TPSA) is 45.1 Å². The normalized spacial score (nSPS) is 10.8. The lowest BCUT2D eigenvalue weighted by molar-refractivity contribution is 0.580. The van der Waals surface area contributed by atoms with E-state index < -0.39 is 0 Å². The third-order valence-electron chi connectivity index (χ3n) is 4.18. The first kappa shape index (κ1) is 15.3. The molecular formula is C21H19N3O. The summed E-state index contributed by atoms with van der Waals surface area (Å²) in [4.78, 5) is 10.4. The Morgan fingerprint density at radius 3 is 2.24 bits per heavy atom. The number of aromatic amines is 1. The van der Waals surface area contributed by atoms with E-state index in [0.29, 0.717) is 0 Å². The van der Waals surface area contributed by atoms with Gasteiger partial charge in [0, 0.05) is 30.9 Å². The van der Waals surface area contributed by atoms with E-state index in [2.05, 4.69) is 46.3 Å². The highest BCUT2D eigenvalue weighted by molar-refractivity contribution is 5.79. The molecule has 2 heterocycles. The molecule has 4 rings (SSSR count). The molecule has 4 nitrogen and oxygen atoms in total. The molecule has 0 aliphatic heterocycles. The molecule has 0 radical (unpaired) electrons. The second-order valence-electron chi connectivity index (χ2n) is 6.09. The van der Waals surface area contributed by atoms with Crippen molar-refractivity contribution >= 4 is 5.69 Å². The molecule has 4 heteroatoms. The molecule has 0 unspecified atom stereocenters. The van der Waals surface area contributed by atoms with Crippen LogP contribution < -0.4 is 4.90 Å². The van der Waals surface area contributed by atoms with Gasteiger partial charge >= 0.3 is 0 Å². The van der Waals surface area contributed by atoms with Crippen molar-refractivity contribution in [1.29, 1.82) is 0 Å². The maximum absolute atomic E-state index is 5.60. The average molecular weight is 329 g/mol. The summed E-state index contributed by atoms with van der Waals surface area (Å²) in [7, 11) is 4.06. The SMILES string of the molecule is CN(C)c1ccc(-c2nc(-c3ccccc3)c(-c3ccco3)[nH]2)cc1. The van der Waals surface area contributed by atoms with Crippen LogP contribution in [0.25, 0.3) is 34.1 Å². The zero-order valence-electron chi connectivity index (χ0n) is 14.2. The molecular weight excluding hydrogens is 310 g/mol. The van der Waals surface area contributed by atoms with Crippen molar-refractivity contribution in [2.45, 2.75) is 0 Å². The van der Waals surface area contributed by atoms with Crippen LogP contribution in [0.4, 0.5) is 5.69 Å². The maximum Gasteiger partial charge on any atom is 0.152 e. The Morgan fingerprint density at radius 1 is 0.840 bits per heavy atom. The van der Waals surface area contributed by atoms with Crippen molar-refractivity contribution < 1.29 is 4.42 Å². The Morgan fingerprint density at radius 2 is 1.60 bits per heavy atom. The van der Waals surface area contributed by atoms with E-state index >= 15 is 0 Å². The third-order valence-corrected chi connectivity index (χ3v) is 4.18. The Hall–Kier alpha value is -3.27. The zero-order chi connectivity index (χ0) is 17.2. The number of imidazole rings is 1. The summed E-state index contributed by atoms with van der Waals surface area (Å²) in [6.07, 6.45) is 1.68. The van der Waals surface area contributed by atoms with Crippen LogP contribution in [0.1, 0.15) is 0 Å². The Balaban J connectivity index is 1.82. The molecule has 0 fully saturated rings. The summed E-state index contributed by atoms with van der Waals surface area (Å²) in [5.41, 5.74) is 5.04. The molecule has 0 aliphatic carbocycles. The highest BCUT2D eigenvalue weighted by Crippen LogP contribution is 2.33. The molecule has 2 aromatic heterocycles. The number of hydrogen-bond acceptors (Lipinski definition) is 3. The van der Waals surface area contributed by atoms with Crippen molar-refractivity contribution in [3.8, 4) is 34.1 Å². The molecule has 4 aromatic rings. The maximum atomic E-state index is 5.60. The number of nitrogens with zero attached hydrogens (tertiary/aromatic N) is 2. The summed E-state index contributed by atoms with van der Waals surface area (Å²) in [6, 6.07) is 22.3. The Kier molecular flexibility index (Phi) is 3.86. The lowest BCUT2D eigenvalue weighted by Crippen LogP contribution is -2.07. The van der Waals surface area contributed by atoms with Crippen molar-refractivity contribution in [3.63, 3.8) is 0 Å². The first-order chi connectivity index (χ1) is 12.2. The predicted molar refractivity (Wildman–Crippen MR) is 101 cm³/mol. The highest BCUT2D eigenvalue weighted by Gasteiger charge is 2.16. The summed E-state index contributed by atoms with van der Waals surface area (Å²) in [6.45, 7) is 0. The standard InChI is InChI=1S/C21H19N3O/c1-24(2)17-12-10-16(11-13-17)21-22-19(15-7-4-3-5-8-15)20(23-21)18-9-6-14-25-18/h3-14H,1-2H3,(H,22,23). The van der Waals surface area contributed by atoms with Crippen LogP contribution in [0.15, 0.2) is 77.4 Å². The number of nitrogens with one attached hydrogen (secondary N) is 1. The van der Waals surface area contributed by atoms with Crippen molar-refractivity contribution in [2.24, 2.45) is 0 Å². The second kappa shape index (κ2) is 6.32. The van der Waals surface area contributed by atoms with E-state index in [4.69, 9.17) is 9.40 Å². The van der Waals surface area contributed by atoms with E-state index in [0.717, 1.165) is 39.8 Å². The quantitative estimate of drug-likeness (QED) is 0.568. The van der Waals surface area contributed by atoms with Crippen molar-refractivity contribution in [1.82, 2.24) is 9.97 Å². The van der Waals surface area contributed by atoms with Gasteiger partial charge in [-0.3, -0.25) is 0 Å². The minimum absolute atomic E-state index is 0.780. The van der Waals surface area contributed by atoms with Crippen LogP contribution in [-0.4, -0.2) is 24.1 Å². The van der Waals surface area contributed by atoms with E-state index in [1.807, 2.05) is 44.4 Å². The number of anilines is 1. The number of hydrogen-bond donors (Lipinski definition) is 1. The van der Waals surface area contributed by atoms with Gasteiger partial charge in [-0.2, -0.15) is 0 Å². The summed E-state index contributed by atoms with van der Waals surface area (Å²) in [5.74, 6) is 1.61. The molecule has 0 aliphatic rings. The van der Waals surface area contributed by atoms with Gasteiger partial charge in [0.15, 0.2) is 5.76 Å². The van der Waals surface area contributed by atoms with Crippen LogP contribution in [0.2, 0.25) is 0 Å². The van der Waals surface area contributed by atoms with Gasteiger partial charge in [0.05, 0.1) is 6.26 Å². The number of rotatable bonds is 4. The summed E-state index contributed by atoms with van der Waals surface area (Å²) >= 11 is 0. The second-order valence-corrected chi connectivity index (χ2v) is 6.09. The molecule has 0 amide bonds. The molecule has 0 bridgehead atoms. The monoisotopic (exact) mass is 329 g/mol. The van der Waals surface area contributed by atoms with Gasteiger partial charge in [-0.15, -0.1) is 0 Å². The van der Waals surface area contributed by atoms with Crippen molar-refractivity contribution in [3.05, 3.63) is 73.0 Å².